The second kappa shape index (κ2) is 7.92. The number of carbonyl (C=O) groups is 1. The fourth-order valence-electron chi connectivity index (χ4n) is 1.80. The Bertz CT molecular complexity index is 424. The zero-order valence-electron chi connectivity index (χ0n) is 10.8. The van der Waals surface area contributed by atoms with E-state index in [0.29, 0.717) is 0 Å². The van der Waals surface area contributed by atoms with Crippen LogP contribution in [-0.2, 0) is 4.79 Å². The van der Waals surface area contributed by atoms with E-state index in [-0.39, 0.29) is 11.8 Å². The molecule has 2 N–H and O–H groups in total. The van der Waals surface area contributed by atoms with Crippen molar-refractivity contribution >= 4 is 33.6 Å². The lowest BCUT2D eigenvalue weighted by molar-refractivity contribution is -0.126. The normalized spacial score (nSPS) is 15.0. The van der Waals surface area contributed by atoms with Gasteiger partial charge in [0, 0.05) is 29.0 Å². The average Bonchev–Trinajstić information content (AvgIpc) is 2.33. The van der Waals surface area contributed by atoms with Gasteiger partial charge in [-0.3, -0.25) is 4.79 Å². The van der Waals surface area contributed by atoms with E-state index in [4.69, 9.17) is 0 Å². The van der Waals surface area contributed by atoms with Gasteiger partial charge in [-0.05, 0) is 46.7 Å². The number of hydrogen-bond donors (Lipinski definition) is 2. The predicted octanol–water partition coefficient (Wildman–Crippen LogP) is 2.66. The van der Waals surface area contributed by atoms with E-state index in [2.05, 4.69) is 44.8 Å². The maximum atomic E-state index is 11.6. The molecule has 0 saturated carbocycles. The van der Waals surface area contributed by atoms with Crippen LogP contribution in [0, 0.1) is 5.92 Å². The summed E-state index contributed by atoms with van der Waals surface area (Å²) >= 11 is 5.40. The molecule has 3 nitrogen and oxygen atoms in total. The van der Waals surface area contributed by atoms with Crippen LogP contribution < -0.4 is 10.6 Å². The smallest absolute Gasteiger partial charge is 0.225 e. The van der Waals surface area contributed by atoms with Crippen LogP contribution >= 0.6 is 27.7 Å². The average molecular weight is 343 g/mol. The van der Waals surface area contributed by atoms with Gasteiger partial charge in [-0.15, -0.1) is 11.8 Å². The fourth-order valence-corrected chi connectivity index (χ4v) is 3.38. The highest BCUT2D eigenvalue weighted by molar-refractivity contribution is 9.10. The molecule has 5 heteroatoms. The summed E-state index contributed by atoms with van der Waals surface area (Å²) in [6.07, 6.45) is 2.17. The molecule has 19 heavy (non-hydrogen) atoms. The Hall–Kier alpha value is -0.520. The lowest BCUT2D eigenvalue weighted by Gasteiger charge is -2.25. The summed E-state index contributed by atoms with van der Waals surface area (Å²) in [5.74, 6) is 1.50. The number of rotatable bonds is 7. The Labute approximate surface area is 127 Å². The van der Waals surface area contributed by atoms with E-state index in [1.165, 1.54) is 4.90 Å². The molecular formula is C14H19BrN2OS. The first-order valence-corrected chi connectivity index (χ1v) is 8.41. The van der Waals surface area contributed by atoms with Gasteiger partial charge >= 0.3 is 0 Å². The summed E-state index contributed by atoms with van der Waals surface area (Å²) in [6, 6.07) is 8.27. The molecular weight excluding hydrogens is 324 g/mol. The number of nitrogens with one attached hydrogen (secondary N) is 2. The van der Waals surface area contributed by atoms with Crippen LogP contribution in [0.4, 0.5) is 0 Å². The van der Waals surface area contributed by atoms with Crippen LogP contribution in [0.2, 0.25) is 0 Å². The molecule has 0 unspecified atom stereocenters. The fraction of sp³-hybridized carbons (Fsp3) is 0.500. The van der Waals surface area contributed by atoms with Crippen molar-refractivity contribution in [2.45, 2.75) is 17.7 Å². The van der Waals surface area contributed by atoms with E-state index < -0.39 is 0 Å². The molecule has 0 aliphatic carbocycles. The highest BCUT2D eigenvalue weighted by Crippen LogP contribution is 2.27. The minimum absolute atomic E-state index is 0.203. The third-order valence-corrected chi connectivity index (χ3v) is 5.23. The summed E-state index contributed by atoms with van der Waals surface area (Å²) in [7, 11) is 0. The van der Waals surface area contributed by atoms with Crippen molar-refractivity contribution in [2.75, 3.05) is 25.4 Å². The van der Waals surface area contributed by atoms with E-state index in [1.807, 2.05) is 17.8 Å². The maximum absolute atomic E-state index is 11.6. The first kappa shape index (κ1) is 14.9. The molecule has 1 heterocycles. The van der Waals surface area contributed by atoms with Crippen molar-refractivity contribution in [1.29, 1.82) is 0 Å². The van der Waals surface area contributed by atoms with Gasteiger partial charge in [0.2, 0.25) is 5.91 Å². The molecule has 2 rings (SSSR count). The van der Waals surface area contributed by atoms with Crippen molar-refractivity contribution in [1.82, 2.24) is 10.6 Å². The molecule has 0 bridgehead atoms. The first-order chi connectivity index (χ1) is 9.27. The Morgan fingerprint density at radius 2 is 2.16 bits per heavy atom. The molecule has 1 fully saturated rings. The summed E-state index contributed by atoms with van der Waals surface area (Å²) in [5, 5.41) is 6.10. The molecule has 1 aromatic rings. The second-order valence-corrected chi connectivity index (χ2v) is 6.62. The van der Waals surface area contributed by atoms with Crippen LogP contribution in [0.25, 0.3) is 0 Å². The summed E-state index contributed by atoms with van der Waals surface area (Å²) in [5.41, 5.74) is 0. The maximum Gasteiger partial charge on any atom is 0.225 e. The number of benzene rings is 1. The molecule has 1 aromatic carbocycles. The Kier molecular flexibility index (Phi) is 6.20. The van der Waals surface area contributed by atoms with Crippen molar-refractivity contribution in [3.63, 3.8) is 0 Å². The van der Waals surface area contributed by atoms with E-state index in [1.54, 1.807) is 0 Å². The standard InChI is InChI=1S/C14H19BrN2OS/c15-12-5-1-2-6-13(12)19-8-4-3-7-17-14(18)11-9-16-10-11/h1-2,5-6,11,16H,3-4,7-10H2,(H,17,18). The molecule has 1 aliphatic heterocycles. The van der Waals surface area contributed by atoms with Crippen molar-refractivity contribution in [3.8, 4) is 0 Å². The quantitative estimate of drug-likeness (QED) is 0.591. The van der Waals surface area contributed by atoms with Gasteiger partial charge in [-0.1, -0.05) is 12.1 Å². The van der Waals surface area contributed by atoms with Gasteiger partial charge in [-0.25, -0.2) is 0 Å². The third kappa shape index (κ3) is 4.82. The molecule has 104 valence electrons. The van der Waals surface area contributed by atoms with E-state index >= 15 is 0 Å². The zero-order valence-corrected chi connectivity index (χ0v) is 13.2. The number of thioether (sulfide) groups is 1. The zero-order chi connectivity index (χ0) is 13.5. The van der Waals surface area contributed by atoms with Gasteiger partial charge in [0.1, 0.15) is 0 Å². The molecule has 0 aromatic heterocycles. The van der Waals surface area contributed by atoms with E-state index in [0.717, 1.165) is 42.7 Å². The monoisotopic (exact) mass is 342 g/mol. The Balaban J connectivity index is 1.52. The number of unbranched alkanes of at least 4 members (excludes halogenated alkanes) is 1. The number of hydrogen-bond acceptors (Lipinski definition) is 3. The minimum atomic E-state index is 0.203. The van der Waals surface area contributed by atoms with Gasteiger partial charge in [0.05, 0.1) is 5.92 Å². The topological polar surface area (TPSA) is 41.1 Å². The molecule has 1 aliphatic rings. The van der Waals surface area contributed by atoms with Crippen LogP contribution in [0.3, 0.4) is 0 Å². The van der Waals surface area contributed by atoms with Crippen molar-refractivity contribution in [3.05, 3.63) is 28.7 Å². The third-order valence-electron chi connectivity index (χ3n) is 3.12. The van der Waals surface area contributed by atoms with Gasteiger partial charge in [0.25, 0.3) is 0 Å². The summed E-state index contributed by atoms with van der Waals surface area (Å²) < 4.78 is 1.16. The first-order valence-electron chi connectivity index (χ1n) is 6.63. The molecule has 0 atom stereocenters. The second-order valence-electron chi connectivity index (χ2n) is 4.63. The molecule has 1 saturated heterocycles. The summed E-state index contributed by atoms with van der Waals surface area (Å²) in [6.45, 7) is 2.47. The molecule has 0 spiro atoms. The van der Waals surface area contributed by atoms with Gasteiger partial charge in [0.15, 0.2) is 0 Å². The minimum Gasteiger partial charge on any atom is -0.356 e. The molecule has 0 radical (unpaired) electrons. The lowest BCUT2D eigenvalue weighted by atomic mass is 10.0. The van der Waals surface area contributed by atoms with Crippen LogP contribution in [0.1, 0.15) is 12.8 Å². The number of amides is 1. The van der Waals surface area contributed by atoms with Crippen molar-refractivity contribution < 1.29 is 4.79 Å². The highest BCUT2D eigenvalue weighted by atomic mass is 79.9. The Morgan fingerprint density at radius 1 is 1.37 bits per heavy atom. The van der Waals surface area contributed by atoms with Gasteiger partial charge < -0.3 is 10.6 Å². The SMILES string of the molecule is O=C(NCCCCSc1ccccc1Br)C1CNC1. The van der Waals surface area contributed by atoms with Crippen LogP contribution in [-0.4, -0.2) is 31.3 Å². The van der Waals surface area contributed by atoms with Crippen LogP contribution in [0.5, 0.6) is 0 Å². The molecule has 1 amide bonds. The largest absolute Gasteiger partial charge is 0.356 e. The lowest BCUT2D eigenvalue weighted by Crippen LogP contribution is -2.50. The predicted molar refractivity (Wildman–Crippen MR) is 83.5 cm³/mol. The van der Waals surface area contributed by atoms with Crippen LogP contribution in [0.15, 0.2) is 33.6 Å². The number of halogens is 1. The Morgan fingerprint density at radius 3 is 2.84 bits per heavy atom. The summed E-state index contributed by atoms with van der Waals surface area (Å²) in [4.78, 5) is 12.8. The van der Waals surface area contributed by atoms with Gasteiger partial charge in [-0.2, -0.15) is 0 Å². The highest BCUT2D eigenvalue weighted by Gasteiger charge is 2.23. The van der Waals surface area contributed by atoms with Crippen molar-refractivity contribution in [2.24, 2.45) is 5.92 Å². The number of carbonyl (C=O) groups excluding carboxylic acids is 1. The van der Waals surface area contributed by atoms with E-state index in [9.17, 15) is 4.79 Å².